The molecule has 1 aliphatic heterocycles. The summed E-state index contributed by atoms with van der Waals surface area (Å²) in [6.45, 7) is 10.1. The molecule has 106 valence electrons. The number of rotatable bonds is 5. The fourth-order valence-corrected chi connectivity index (χ4v) is 2.62. The van der Waals surface area contributed by atoms with E-state index in [-0.39, 0.29) is 11.1 Å². The van der Waals surface area contributed by atoms with E-state index >= 15 is 0 Å². The zero-order valence-electron chi connectivity index (χ0n) is 12.2. The van der Waals surface area contributed by atoms with Crippen molar-refractivity contribution in [2.45, 2.75) is 43.7 Å². The largest absolute Gasteiger partial charge is 0.377 e. The summed E-state index contributed by atoms with van der Waals surface area (Å²) in [5.41, 5.74) is 8.08. The van der Waals surface area contributed by atoms with Gasteiger partial charge in [0.05, 0.1) is 13.2 Å². The Labute approximate surface area is 120 Å². The molecule has 1 saturated heterocycles. The fourth-order valence-electron chi connectivity index (χ4n) is 1.96. The van der Waals surface area contributed by atoms with Gasteiger partial charge in [-0.2, -0.15) is 0 Å². The topological polar surface area (TPSA) is 33.3 Å². The highest BCUT2D eigenvalue weighted by atomic mass is 32.2. The average Bonchev–Trinajstić information content (AvgIpc) is 2.28. The maximum atomic E-state index is 5.43. The van der Waals surface area contributed by atoms with Gasteiger partial charge in [0, 0.05) is 10.4 Å². The van der Waals surface area contributed by atoms with E-state index in [0.29, 0.717) is 0 Å². The summed E-state index contributed by atoms with van der Waals surface area (Å²) in [4.78, 5) is 1.32. The third kappa shape index (κ3) is 3.72. The van der Waals surface area contributed by atoms with Gasteiger partial charge in [0.2, 0.25) is 0 Å². The second-order valence-corrected chi connectivity index (χ2v) is 7.37. The monoisotopic (exact) mass is 280 g/mol. The van der Waals surface area contributed by atoms with Crippen LogP contribution in [-0.4, -0.2) is 24.5 Å². The number of hydrazine groups is 1. The zero-order chi connectivity index (χ0) is 13.9. The van der Waals surface area contributed by atoms with Crippen LogP contribution in [-0.2, 0) is 10.3 Å². The number of benzene rings is 1. The molecule has 1 aromatic rings. The summed E-state index contributed by atoms with van der Waals surface area (Å²) in [5.74, 6) is 1.11. The van der Waals surface area contributed by atoms with Crippen molar-refractivity contribution in [2.75, 3.05) is 19.0 Å². The van der Waals surface area contributed by atoms with Gasteiger partial charge in [-0.05, 0) is 44.2 Å². The minimum absolute atomic E-state index is 0.0423. The molecule has 2 rings (SSSR count). The van der Waals surface area contributed by atoms with E-state index in [0.717, 1.165) is 19.0 Å². The van der Waals surface area contributed by atoms with E-state index in [1.165, 1.54) is 10.5 Å². The lowest BCUT2D eigenvalue weighted by atomic mass is 9.89. The summed E-state index contributed by atoms with van der Waals surface area (Å²) in [5, 5.41) is 0. The number of nitrogens with one attached hydrogen (secondary N) is 2. The van der Waals surface area contributed by atoms with Crippen molar-refractivity contribution in [1.82, 2.24) is 10.9 Å². The van der Waals surface area contributed by atoms with Crippen molar-refractivity contribution in [3.05, 3.63) is 29.8 Å². The van der Waals surface area contributed by atoms with Gasteiger partial charge in [0.15, 0.2) is 0 Å². The SMILES string of the molecule is CCSc1ccc(C2(NNC(C)(C)C)COC2)cc1. The lowest BCUT2D eigenvalue weighted by Gasteiger charge is -2.44. The maximum absolute atomic E-state index is 5.43. The molecule has 1 aromatic carbocycles. The Hall–Kier alpha value is -0.550. The predicted molar refractivity (Wildman–Crippen MR) is 81.4 cm³/mol. The predicted octanol–water partition coefficient (Wildman–Crippen LogP) is 2.92. The first-order valence-corrected chi connectivity index (χ1v) is 7.79. The van der Waals surface area contributed by atoms with Crippen LogP contribution in [0.3, 0.4) is 0 Å². The molecule has 1 fully saturated rings. The normalized spacial score (nSPS) is 18.1. The molecular formula is C15H24N2OS. The molecule has 0 atom stereocenters. The molecule has 2 N–H and O–H groups in total. The van der Waals surface area contributed by atoms with Gasteiger partial charge in [0.25, 0.3) is 0 Å². The fraction of sp³-hybridized carbons (Fsp3) is 0.600. The summed E-state index contributed by atoms with van der Waals surface area (Å²) in [7, 11) is 0. The van der Waals surface area contributed by atoms with Gasteiger partial charge in [-0.3, -0.25) is 5.43 Å². The van der Waals surface area contributed by atoms with Crippen molar-refractivity contribution >= 4 is 11.8 Å². The highest BCUT2D eigenvalue weighted by Gasteiger charge is 2.40. The minimum atomic E-state index is -0.0807. The molecule has 1 heterocycles. The molecule has 3 nitrogen and oxygen atoms in total. The van der Waals surface area contributed by atoms with E-state index in [1.54, 1.807) is 0 Å². The Kier molecular flexibility index (Phi) is 4.56. The minimum Gasteiger partial charge on any atom is -0.377 e. The molecule has 0 unspecified atom stereocenters. The molecule has 0 amide bonds. The molecule has 0 saturated carbocycles. The van der Waals surface area contributed by atoms with Crippen LogP contribution >= 0.6 is 11.8 Å². The van der Waals surface area contributed by atoms with E-state index in [2.05, 4.69) is 62.8 Å². The summed E-state index contributed by atoms with van der Waals surface area (Å²) in [6.07, 6.45) is 0. The zero-order valence-corrected chi connectivity index (χ0v) is 13.1. The second kappa shape index (κ2) is 5.83. The summed E-state index contributed by atoms with van der Waals surface area (Å²) < 4.78 is 5.43. The Morgan fingerprint density at radius 3 is 2.26 bits per heavy atom. The first kappa shape index (κ1) is 14.9. The highest BCUT2D eigenvalue weighted by molar-refractivity contribution is 7.99. The van der Waals surface area contributed by atoms with Crippen LogP contribution in [0.4, 0.5) is 0 Å². The summed E-state index contributed by atoms with van der Waals surface area (Å²) >= 11 is 1.87. The van der Waals surface area contributed by atoms with Gasteiger partial charge >= 0.3 is 0 Å². The molecule has 0 spiro atoms. The van der Waals surface area contributed by atoms with Crippen LogP contribution in [0.1, 0.15) is 33.3 Å². The van der Waals surface area contributed by atoms with Crippen LogP contribution in [0.2, 0.25) is 0 Å². The third-order valence-corrected chi connectivity index (χ3v) is 3.99. The first-order valence-electron chi connectivity index (χ1n) is 6.81. The number of ether oxygens (including phenoxy) is 1. The van der Waals surface area contributed by atoms with Crippen LogP contribution < -0.4 is 10.9 Å². The number of hydrogen-bond donors (Lipinski definition) is 2. The highest BCUT2D eigenvalue weighted by Crippen LogP contribution is 2.30. The average molecular weight is 280 g/mol. The van der Waals surface area contributed by atoms with Gasteiger partial charge < -0.3 is 4.74 Å². The van der Waals surface area contributed by atoms with Crippen LogP contribution in [0.15, 0.2) is 29.2 Å². The van der Waals surface area contributed by atoms with Crippen molar-refractivity contribution in [1.29, 1.82) is 0 Å². The Balaban J connectivity index is 2.08. The van der Waals surface area contributed by atoms with E-state index in [9.17, 15) is 0 Å². The molecule has 0 bridgehead atoms. The van der Waals surface area contributed by atoms with Gasteiger partial charge in [-0.25, -0.2) is 5.43 Å². The number of hydrogen-bond acceptors (Lipinski definition) is 4. The standard InChI is InChI=1S/C15H24N2OS/c1-5-19-13-8-6-12(7-9-13)15(10-18-11-15)17-16-14(2,3)4/h6-9,16-17H,5,10-11H2,1-4H3. The molecule has 0 radical (unpaired) electrons. The van der Waals surface area contributed by atoms with Gasteiger partial charge in [-0.15, -0.1) is 11.8 Å². The maximum Gasteiger partial charge on any atom is 0.104 e. The smallest absolute Gasteiger partial charge is 0.104 e. The summed E-state index contributed by atoms with van der Waals surface area (Å²) in [6, 6.07) is 8.81. The molecule has 4 heteroatoms. The van der Waals surface area contributed by atoms with E-state index < -0.39 is 0 Å². The molecular weight excluding hydrogens is 256 g/mol. The van der Waals surface area contributed by atoms with Crippen molar-refractivity contribution in [3.8, 4) is 0 Å². The Morgan fingerprint density at radius 1 is 1.21 bits per heavy atom. The first-order chi connectivity index (χ1) is 8.95. The lowest BCUT2D eigenvalue weighted by molar-refractivity contribution is -0.0894. The van der Waals surface area contributed by atoms with Crippen molar-refractivity contribution < 1.29 is 4.74 Å². The lowest BCUT2D eigenvalue weighted by Crippen LogP contribution is -2.64. The number of thioether (sulfide) groups is 1. The van der Waals surface area contributed by atoms with E-state index in [1.807, 2.05) is 11.8 Å². The van der Waals surface area contributed by atoms with E-state index in [4.69, 9.17) is 4.74 Å². The van der Waals surface area contributed by atoms with Crippen LogP contribution in [0, 0.1) is 0 Å². The molecule has 0 aromatic heterocycles. The third-order valence-electron chi connectivity index (χ3n) is 3.09. The molecule has 19 heavy (non-hydrogen) atoms. The van der Waals surface area contributed by atoms with Crippen LogP contribution in [0.25, 0.3) is 0 Å². The quantitative estimate of drug-likeness (QED) is 0.642. The van der Waals surface area contributed by atoms with Crippen molar-refractivity contribution in [3.63, 3.8) is 0 Å². The molecule has 1 aliphatic rings. The second-order valence-electron chi connectivity index (χ2n) is 6.03. The van der Waals surface area contributed by atoms with Gasteiger partial charge in [0.1, 0.15) is 5.54 Å². The van der Waals surface area contributed by atoms with Crippen LogP contribution in [0.5, 0.6) is 0 Å². The van der Waals surface area contributed by atoms with Crippen molar-refractivity contribution in [2.24, 2.45) is 0 Å². The Morgan fingerprint density at radius 2 is 1.84 bits per heavy atom. The van der Waals surface area contributed by atoms with Gasteiger partial charge in [-0.1, -0.05) is 19.1 Å². The molecule has 0 aliphatic carbocycles. The Bertz CT molecular complexity index is 407.